The molecule has 1 aromatic rings. The zero-order valence-corrected chi connectivity index (χ0v) is 12.5. The van der Waals surface area contributed by atoms with Crippen molar-refractivity contribution in [2.45, 2.75) is 37.9 Å². The van der Waals surface area contributed by atoms with Crippen LogP contribution >= 0.6 is 0 Å². The van der Waals surface area contributed by atoms with E-state index in [1.54, 1.807) is 0 Å². The first-order valence-corrected chi connectivity index (χ1v) is 7.95. The molecule has 2 N–H and O–H groups in total. The molecule has 0 radical (unpaired) electrons. The molecule has 0 aromatic heterocycles. The number of rotatable bonds is 4. The van der Waals surface area contributed by atoms with E-state index in [0.29, 0.717) is 6.54 Å². The summed E-state index contributed by atoms with van der Waals surface area (Å²) in [5.74, 6) is 1.51. The maximum absolute atomic E-state index is 12.0. The molecule has 6 heteroatoms. The summed E-state index contributed by atoms with van der Waals surface area (Å²) in [5, 5.41) is 5.98. The van der Waals surface area contributed by atoms with Gasteiger partial charge in [0.25, 0.3) is 0 Å². The largest absolute Gasteiger partial charge is 0.454 e. The van der Waals surface area contributed by atoms with Gasteiger partial charge in [-0.1, -0.05) is 6.07 Å². The number of urea groups is 1. The molecule has 0 spiro atoms. The fraction of sp³-hybridized carbons (Fsp3) is 0.562. The monoisotopic (exact) mass is 303 g/mol. The summed E-state index contributed by atoms with van der Waals surface area (Å²) in [4.78, 5) is 14.5. The number of hydrogen-bond donors (Lipinski definition) is 2. The molecule has 0 unspecified atom stereocenters. The molecular formula is C16H21N3O3. The quantitative estimate of drug-likeness (QED) is 0.884. The topological polar surface area (TPSA) is 62.8 Å². The van der Waals surface area contributed by atoms with Crippen LogP contribution in [0, 0.1) is 0 Å². The fourth-order valence-electron chi connectivity index (χ4n) is 3.15. The van der Waals surface area contributed by atoms with Gasteiger partial charge in [0.2, 0.25) is 6.79 Å². The Morgan fingerprint density at radius 3 is 2.95 bits per heavy atom. The maximum Gasteiger partial charge on any atom is 0.315 e. The average Bonchev–Trinajstić information content (AvgIpc) is 3.08. The summed E-state index contributed by atoms with van der Waals surface area (Å²) in [6.07, 6.45) is 3.69. The number of benzene rings is 1. The van der Waals surface area contributed by atoms with E-state index >= 15 is 0 Å². The highest BCUT2D eigenvalue weighted by molar-refractivity contribution is 5.74. The molecule has 1 aromatic carbocycles. The first kappa shape index (κ1) is 13.7. The van der Waals surface area contributed by atoms with Crippen LogP contribution in [-0.4, -0.2) is 42.9 Å². The zero-order chi connectivity index (χ0) is 14.9. The Kier molecular flexibility index (Phi) is 3.54. The highest BCUT2D eigenvalue weighted by atomic mass is 16.7. The maximum atomic E-state index is 12.0. The Morgan fingerprint density at radius 1 is 1.23 bits per heavy atom. The summed E-state index contributed by atoms with van der Waals surface area (Å²) < 4.78 is 10.6. The lowest BCUT2D eigenvalue weighted by atomic mass is 10.2. The Hall–Kier alpha value is -1.95. The second-order valence-electron chi connectivity index (χ2n) is 6.23. The fourth-order valence-corrected chi connectivity index (χ4v) is 3.15. The van der Waals surface area contributed by atoms with E-state index in [-0.39, 0.29) is 18.9 Å². The highest BCUT2D eigenvalue weighted by Crippen LogP contribution is 2.32. The molecule has 2 aliphatic heterocycles. The van der Waals surface area contributed by atoms with Crippen molar-refractivity contribution < 1.29 is 14.3 Å². The van der Waals surface area contributed by atoms with Crippen molar-refractivity contribution in [2.75, 3.05) is 19.9 Å². The normalized spacial score (nSPS) is 23.5. The van der Waals surface area contributed by atoms with E-state index in [1.165, 1.54) is 12.8 Å². The number of fused-ring (bicyclic) bond motifs is 1. The van der Waals surface area contributed by atoms with E-state index in [0.717, 1.165) is 42.6 Å². The van der Waals surface area contributed by atoms with Crippen molar-refractivity contribution >= 4 is 6.03 Å². The number of carbonyl (C=O) groups is 1. The third kappa shape index (κ3) is 2.97. The van der Waals surface area contributed by atoms with E-state index in [4.69, 9.17) is 9.47 Å². The van der Waals surface area contributed by atoms with Crippen LogP contribution in [0.25, 0.3) is 0 Å². The number of nitrogens with one attached hydrogen (secondary N) is 2. The van der Waals surface area contributed by atoms with Crippen molar-refractivity contribution in [1.29, 1.82) is 0 Å². The number of likely N-dealkylation sites (tertiary alicyclic amines) is 1. The third-order valence-corrected chi connectivity index (χ3v) is 4.51. The first-order valence-electron chi connectivity index (χ1n) is 7.95. The van der Waals surface area contributed by atoms with E-state index in [9.17, 15) is 4.79 Å². The summed E-state index contributed by atoms with van der Waals surface area (Å²) in [7, 11) is 0. The van der Waals surface area contributed by atoms with Crippen LogP contribution in [0.2, 0.25) is 0 Å². The van der Waals surface area contributed by atoms with Crippen LogP contribution in [0.5, 0.6) is 11.5 Å². The van der Waals surface area contributed by atoms with Crippen molar-refractivity contribution in [3.05, 3.63) is 23.8 Å². The third-order valence-electron chi connectivity index (χ3n) is 4.51. The van der Waals surface area contributed by atoms with Crippen molar-refractivity contribution in [3.63, 3.8) is 0 Å². The minimum atomic E-state index is -0.0969. The average molecular weight is 303 g/mol. The van der Waals surface area contributed by atoms with E-state index in [1.807, 2.05) is 18.2 Å². The number of amides is 2. The Bertz CT molecular complexity index is 574. The molecule has 22 heavy (non-hydrogen) atoms. The van der Waals surface area contributed by atoms with Gasteiger partial charge in [0.15, 0.2) is 11.5 Å². The van der Waals surface area contributed by atoms with Gasteiger partial charge in [-0.15, -0.1) is 0 Å². The number of carbonyl (C=O) groups excluding carboxylic acids is 1. The molecule has 1 aliphatic carbocycles. The van der Waals surface area contributed by atoms with Crippen molar-refractivity contribution in [1.82, 2.24) is 15.5 Å². The second kappa shape index (κ2) is 5.68. The lowest BCUT2D eigenvalue weighted by molar-refractivity contribution is 0.174. The van der Waals surface area contributed by atoms with Crippen LogP contribution in [0.4, 0.5) is 4.79 Å². The minimum Gasteiger partial charge on any atom is -0.454 e. The molecule has 3 aliphatic rings. The van der Waals surface area contributed by atoms with Gasteiger partial charge < -0.3 is 20.1 Å². The van der Waals surface area contributed by atoms with Crippen LogP contribution in [0.15, 0.2) is 18.2 Å². The van der Waals surface area contributed by atoms with Crippen molar-refractivity contribution in [2.24, 2.45) is 0 Å². The number of nitrogens with zero attached hydrogens (tertiary/aromatic N) is 1. The summed E-state index contributed by atoms with van der Waals surface area (Å²) in [6.45, 7) is 2.85. The molecule has 4 rings (SSSR count). The van der Waals surface area contributed by atoms with Gasteiger partial charge in [0.05, 0.1) is 0 Å². The van der Waals surface area contributed by atoms with Crippen LogP contribution in [-0.2, 0) is 6.54 Å². The predicted octanol–water partition coefficient (Wildman–Crippen LogP) is 1.45. The summed E-state index contributed by atoms with van der Waals surface area (Å²) in [5.41, 5.74) is 1.01. The molecule has 1 atom stereocenters. The lowest BCUT2D eigenvalue weighted by Gasteiger charge is -2.16. The van der Waals surface area contributed by atoms with Gasteiger partial charge >= 0.3 is 6.03 Å². The molecule has 1 saturated carbocycles. The number of hydrogen-bond acceptors (Lipinski definition) is 4. The molecule has 2 amide bonds. The van der Waals surface area contributed by atoms with E-state index < -0.39 is 0 Å². The molecular weight excluding hydrogens is 282 g/mol. The van der Waals surface area contributed by atoms with Crippen molar-refractivity contribution in [3.8, 4) is 11.5 Å². The molecule has 1 saturated heterocycles. The standard InChI is InChI=1S/C16H21N3O3/c20-16(18-12-5-6-19(9-12)13-2-3-13)17-8-11-1-4-14-15(7-11)22-10-21-14/h1,4,7,12-13H,2-3,5-6,8-10H2,(H2,17,18,20)/t12-/m1/s1. The predicted molar refractivity (Wildman–Crippen MR) is 80.9 cm³/mol. The van der Waals surface area contributed by atoms with E-state index in [2.05, 4.69) is 15.5 Å². The van der Waals surface area contributed by atoms with Crippen LogP contribution < -0.4 is 20.1 Å². The van der Waals surface area contributed by atoms with Gasteiger partial charge in [-0.2, -0.15) is 0 Å². The first-order chi connectivity index (χ1) is 10.8. The summed E-state index contributed by atoms with van der Waals surface area (Å²) in [6, 6.07) is 6.69. The molecule has 118 valence electrons. The SMILES string of the molecule is O=C(NCc1ccc2c(c1)OCO2)N[C@@H]1CCN(C2CC2)C1. The highest BCUT2D eigenvalue weighted by Gasteiger charge is 2.34. The Balaban J connectivity index is 1.24. The second-order valence-corrected chi connectivity index (χ2v) is 6.23. The molecule has 0 bridgehead atoms. The van der Waals surface area contributed by atoms with Crippen LogP contribution in [0.1, 0.15) is 24.8 Å². The molecule has 2 fully saturated rings. The van der Waals surface area contributed by atoms with Gasteiger partial charge in [0.1, 0.15) is 0 Å². The van der Waals surface area contributed by atoms with Gasteiger partial charge in [-0.3, -0.25) is 4.90 Å². The van der Waals surface area contributed by atoms with Gasteiger partial charge in [-0.05, 0) is 37.0 Å². The Morgan fingerprint density at radius 2 is 2.09 bits per heavy atom. The lowest BCUT2D eigenvalue weighted by Crippen LogP contribution is -2.43. The smallest absolute Gasteiger partial charge is 0.315 e. The number of ether oxygens (including phenoxy) is 2. The molecule has 6 nitrogen and oxygen atoms in total. The summed E-state index contributed by atoms with van der Waals surface area (Å²) >= 11 is 0. The zero-order valence-electron chi connectivity index (χ0n) is 12.5. The Labute approximate surface area is 129 Å². The minimum absolute atomic E-state index is 0.0969. The van der Waals surface area contributed by atoms with Crippen LogP contribution in [0.3, 0.4) is 0 Å². The molecule has 2 heterocycles. The van der Waals surface area contributed by atoms with Gasteiger partial charge in [-0.25, -0.2) is 4.79 Å². The van der Waals surface area contributed by atoms with Gasteiger partial charge in [0, 0.05) is 31.7 Å².